The summed E-state index contributed by atoms with van der Waals surface area (Å²) in [6.07, 6.45) is 6.14. The predicted molar refractivity (Wildman–Crippen MR) is 147 cm³/mol. The summed E-state index contributed by atoms with van der Waals surface area (Å²) in [5.74, 6) is -5.17. The normalized spacial score (nSPS) is 28.9. The molecular weight excluding hydrogens is 558 g/mol. The molecule has 0 bridgehead atoms. The van der Waals surface area contributed by atoms with E-state index in [0.717, 1.165) is 63.5 Å². The van der Waals surface area contributed by atoms with Crippen molar-refractivity contribution < 1.29 is 40.6 Å². The first-order valence-electron chi connectivity index (χ1n) is 15.4. The molecular formula is C33H40F6O3. The lowest BCUT2D eigenvalue weighted by molar-refractivity contribution is -0.232. The van der Waals surface area contributed by atoms with Gasteiger partial charge in [-0.1, -0.05) is 19.8 Å². The number of hydrogen-bond acceptors (Lipinski definition) is 3. The Bertz CT molecular complexity index is 1160. The number of hydrogen-bond donors (Lipinski definition) is 0. The zero-order chi connectivity index (χ0) is 29.9. The topological polar surface area (TPSA) is 27.7 Å². The first-order chi connectivity index (χ1) is 20.1. The molecule has 0 atom stereocenters. The van der Waals surface area contributed by atoms with Gasteiger partial charge in [-0.05, 0) is 99.5 Å². The average molecular weight is 599 g/mol. The molecule has 0 aromatic heterocycles. The molecule has 0 spiro atoms. The van der Waals surface area contributed by atoms with Crippen molar-refractivity contribution in [3.8, 4) is 16.9 Å². The van der Waals surface area contributed by atoms with Gasteiger partial charge in [0.05, 0.1) is 19.1 Å². The van der Waals surface area contributed by atoms with Crippen LogP contribution in [0.3, 0.4) is 0 Å². The fourth-order valence-corrected chi connectivity index (χ4v) is 7.05. The molecule has 1 aliphatic heterocycles. The SMILES string of the molecule is CCCCC1COC(C2CCC(C3CCC(C(F)(F)Oc4ccc(-c5cc(F)c(F)c(F)c5)c(F)c4)CC3)CC2)OC1. The van der Waals surface area contributed by atoms with Crippen LogP contribution in [0.2, 0.25) is 0 Å². The number of unbranched alkanes of at least 4 members (excludes halogenated alkanes) is 1. The van der Waals surface area contributed by atoms with Crippen molar-refractivity contribution in [1.82, 2.24) is 0 Å². The summed E-state index contributed by atoms with van der Waals surface area (Å²) in [6.45, 7) is 3.74. The first-order valence-corrected chi connectivity index (χ1v) is 15.4. The van der Waals surface area contributed by atoms with E-state index < -0.39 is 35.3 Å². The van der Waals surface area contributed by atoms with Gasteiger partial charge in [0.2, 0.25) is 0 Å². The second-order valence-corrected chi connectivity index (χ2v) is 12.4. The molecule has 2 saturated carbocycles. The van der Waals surface area contributed by atoms with E-state index in [9.17, 15) is 17.6 Å². The monoisotopic (exact) mass is 598 g/mol. The number of ether oxygens (including phenoxy) is 3. The van der Waals surface area contributed by atoms with Crippen LogP contribution >= 0.6 is 0 Å². The zero-order valence-corrected chi connectivity index (χ0v) is 24.0. The van der Waals surface area contributed by atoms with Crippen molar-refractivity contribution in [3.05, 3.63) is 53.6 Å². The molecule has 9 heteroatoms. The smallest absolute Gasteiger partial charge is 0.400 e. The standard InChI is InChI=1S/C33H40F6O3/c1-2-3-4-20-18-40-32(41-19-20)23-7-5-21(6-8-23)22-9-11-25(12-10-22)33(38,39)42-26-13-14-27(28(34)17-26)24-15-29(35)31(37)30(36)16-24/h13-17,20-23,25,32H,2-12,18-19H2,1H3. The Balaban J connectivity index is 1.09. The van der Waals surface area contributed by atoms with E-state index in [-0.39, 0.29) is 23.2 Å². The number of alkyl halides is 2. The molecule has 0 unspecified atom stereocenters. The van der Waals surface area contributed by atoms with Gasteiger partial charge in [-0.3, -0.25) is 0 Å². The molecule has 5 rings (SSSR count). The average Bonchev–Trinajstić information content (AvgIpc) is 2.99. The fourth-order valence-electron chi connectivity index (χ4n) is 7.05. The second-order valence-electron chi connectivity index (χ2n) is 12.4. The first kappa shape index (κ1) is 31.2. The van der Waals surface area contributed by atoms with E-state index >= 15 is 8.78 Å². The lowest BCUT2D eigenvalue weighted by Crippen LogP contribution is -2.40. The van der Waals surface area contributed by atoms with Crippen LogP contribution in [-0.2, 0) is 9.47 Å². The maximum atomic E-state index is 15.1. The van der Waals surface area contributed by atoms with Crippen molar-refractivity contribution in [3.63, 3.8) is 0 Å². The van der Waals surface area contributed by atoms with Crippen molar-refractivity contribution in [1.29, 1.82) is 0 Å². The van der Waals surface area contributed by atoms with Gasteiger partial charge in [0, 0.05) is 23.5 Å². The Morgan fingerprint density at radius 3 is 1.90 bits per heavy atom. The van der Waals surface area contributed by atoms with Gasteiger partial charge in [0.15, 0.2) is 23.7 Å². The number of rotatable bonds is 9. The van der Waals surface area contributed by atoms with Crippen LogP contribution in [0.4, 0.5) is 26.3 Å². The Morgan fingerprint density at radius 1 is 0.762 bits per heavy atom. The van der Waals surface area contributed by atoms with Gasteiger partial charge in [0.1, 0.15) is 11.6 Å². The minimum Gasteiger partial charge on any atom is -0.432 e. The third-order valence-electron chi connectivity index (χ3n) is 9.56. The van der Waals surface area contributed by atoms with E-state index in [1.807, 2.05) is 0 Å². The van der Waals surface area contributed by atoms with E-state index in [1.54, 1.807) is 0 Å². The van der Waals surface area contributed by atoms with E-state index in [1.165, 1.54) is 12.8 Å². The number of benzene rings is 2. The van der Waals surface area contributed by atoms with Gasteiger partial charge >= 0.3 is 6.11 Å². The molecule has 3 fully saturated rings. The van der Waals surface area contributed by atoms with Crippen LogP contribution in [-0.4, -0.2) is 25.6 Å². The van der Waals surface area contributed by atoms with Gasteiger partial charge in [-0.2, -0.15) is 8.78 Å². The summed E-state index contributed by atoms with van der Waals surface area (Å²) >= 11 is 0. The lowest BCUT2D eigenvalue weighted by atomic mass is 9.69. The predicted octanol–water partition coefficient (Wildman–Crippen LogP) is 9.67. The molecule has 3 nitrogen and oxygen atoms in total. The molecule has 0 N–H and O–H groups in total. The van der Waals surface area contributed by atoms with Crippen LogP contribution in [0.5, 0.6) is 5.75 Å². The van der Waals surface area contributed by atoms with Crippen LogP contribution in [0.15, 0.2) is 30.3 Å². The molecule has 1 heterocycles. The van der Waals surface area contributed by atoms with Gasteiger partial charge in [-0.25, -0.2) is 17.6 Å². The Kier molecular flexibility index (Phi) is 10.1. The van der Waals surface area contributed by atoms with Gasteiger partial charge in [0.25, 0.3) is 0 Å². The minimum absolute atomic E-state index is 0.118. The third kappa shape index (κ3) is 7.26. The fraction of sp³-hybridized carbons (Fsp3) is 0.636. The lowest BCUT2D eigenvalue weighted by Gasteiger charge is -2.41. The van der Waals surface area contributed by atoms with Crippen molar-refractivity contribution in [2.45, 2.75) is 90.0 Å². The quantitative estimate of drug-likeness (QED) is 0.213. The highest BCUT2D eigenvalue weighted by Crippen LogP contribution is 2.46. The van der Waals surface area contributed by atoms with Gasteiger partial charge < -0.3 is 14.2 Å². The summed E-state index contributed by atoms with van der Waals surface area (Å²) in [7, 11) is 0. The maximum absolute atomic E-state index is 15.1. The van der Waals surface area contributed by atoms with Crippen molar-refractivity contribution in [2.75, 3.05) is 13.2 Å². The maximum Gasteiger partial charge on any atom is 0.400 e. The molecule has 0 amide bonds. The molecule has 232 valence electrons. The highest BCUT2D eigenvalue weighted by atomic mass is 19.3. The highest BCUT2D eigenvalue weighted by Gasteiger charge is 2.45. The minimum atomic E-state index is -3.49. The summed E-state index contributed by atoms with van der Waals surface area (Å²) in [4.78, 5) is 0. The van der Waals surface area contributed by atoms with Crippen LogP contribution in [0, 0.1) is 52.9 Å². The molecule has 2 aromatic rings. The molecule has 2 aliphatic carbocycles. The largest absolute Gasteiger partial charge is 0.432 e. The third-order valence-corrected chi connectivity index (χ3v) is 9.56. The molecule has 1 saturated heterocycles. The van der Waals surface area contributed by atoms with Crippen LogP contribution in [0.1, 0.15) is 77.6 Å². The Morgan fingerprint density at radius 2 is 1.33 bits per heavy atom. The highest BCUT2D eigenvalue weighted by molar-refractivity contribution is 5.65. The van der Waals surface area contributed by atoms with E-state index in [0.29, 0.717) is 61.5 Å². The number of halogens is 6. The molecule has 42 heavy (non-hydrogen) atoms. The summed E-state index contributed by atoms with van der Waals surface area (Å²) in [5, 5.41) is 0. The molecule has 0 radical (unpaired) electrons. The van der Waals surface area contributed by atoms with Crippen molar-refractivity contribution >= 4 is 0 Å². The summed E-state index contributed by atoms with van der Waals surface area (Å²) in [5.41, 5.74) is -0.499. The van der Waals surface area contributed by atoms with Gasteiger partial charge in [-0.15, -0.1) is 0 Å². The Labute approximate surface area is 243 Å². The molecule has 3 aliphatic rings. The van der Waals surface area contributed by atoms with Crippen LogP contribution in [0.25, 0.3) is 11.1 Å². The summed E-state index contributed by atoms with van der Waals surface area (Å²) in [6, 6.07) is 4.28. The molecule has 2 aromatic carbocycles. The van der Waals surface area contributed by atoms with E-state index in [4.69, 9.17) is 14.2 Å². The second kappa shape index (κ2) is 13.6. The van der Waals surface area contributed by atoms with Crippen LogP contribution < -0.4 is 4.74 Å². The van der Waals surface area contributed by atoms with E-state index in [2.05, 4.69) is 6.92 Å². The zero-order valence-electron chi connectivity index (χ0n) is 24.0. The Hall–Kier alpha value is -2.26. The van der Waals surface area contributed by atoms with Crippen molar-refractivity contribution in [2.24, 2.45) is 29.6 Å². The summed E-state index contributed by atoms with van der Waals surface area (Å²) < 4.78 is 102.